The molecule has 0 aliphatic heterocycles. The van der Waals surface area contributed by atoms with E-state index in [1.807, 2.05) is 17.5 Å². The van der Waals surface area contributed by atoms with Gasteiger partial charge in [0.25, 0.3) is 0 Å². The van der Waals surface area contributed by atoms with Crippen LogP contribution in [0, 0.1) is 0 Å². The number of thiophene rings is 1. The highest BCUT2D eigenvalue weighted by molar-refractivity contribution is 9.10. The zero-order valence-corrected chi connectivity index (χ0v) is 9.71. The summed E-state index contributed by atoms with van der Waals surface area (Å²) in [6.07, 6.45) is 0. The molecule has 0 spiro atoms. The Balaban J connectivity index is 2.87. The fourth-order valence-corrected chi connectivity index (χ4v) is 2.94. The zero-order valence-electron chi connectivity index (χ0n) is 6.55. The van der Waals surface area contributed by atoms with Crippen LogP contribution in [0.3, 0.4) is 0 Å². The number of aliphatic hydroxyl groups is 1. The van der Waals surface area contributed by atoms with Crippen LogP contribution in [0.2, 0.25) is 5.02 Å². The van der Waals surface area contributed by atoms with Crippen molar-refractivity contribution in [1.29, 1.82) is 0 Å². The van der Waals surface area contributed by atoms with Gasteiger partial charge in [0.2, 0.25) is 0 Å². The average Bonchev–Trinajstić information content (AvgIpc) is 2.54. The first kappa shape index (κ1) is 9.46. The van der Waals surface area contributed by atoms with Gasteiger partial charge < -0.3 is 5.11 Å². The monoisotopic (exact) mass is 276 g/mol. The van der Waals surface area contributed by atoms with Gasteiger partial charge in [-0.3, -0.25) is 0 Å². The van der Waals surface area contributed by atoms with Gasteiger partial charge in [-0.05, 0) is 38.8 Å². The number of hydrogen-bond acceptors (Lipinski definition) is 2. The molecule has 0 fully saturated rings. The van der Waals surface area contributed by atoms with E-state index in [0.717, 1.165) is 20.1 Å². The summed E-state index contributed by atoms with van der Waals surface area (Å²) in [5.74, 6) is 0. The molecule has 2 rings (SSSR count). The smallest absolute Gasteiger partial charge is 0.0710 e. The summed E-state index contributed by atoms with van der Waals surface area (Å²) in [6.45, 7) is -0.0186. The Morgan fingerprint density at radius 3 is 3.00 bits per heavy atom. The maximum atomic E-state index is 9.16. The van der Waals surface area contributed by atoms with Gasteiger partial charge in [-0.25, -0.2) is 0 Å². The van der Waals surface area contributed by atoms with Crippen LogP contribution in [-0.2, 0) is 6.61 Å². The molecular formula is C9H6BrClOS. The zero-order chi connectivity index (χ0) is 9.42. The largest absolute Gasteiger partial charge is 0.392 e. The lowest BCUT2D eigenvalue weighted by Gasteiger charge is -2.04. The standard InChI is InChI=1S/C9H6BrClOS/c10-7-3-5-1-2-13-9(5)6(4-12)8(7)11/h1-3,12H,4H2. The van der Waals surface area contributed by atoms with Crippen LogP contribution >= 0.6 is 38.9 Å². The highest BCUT2D eigenvalue weighted by Crippen LogP contribution is 2.35. The molecule has 0 bridgehead atoms. The molecule has 0 saturated heterocycles. The average molecular weight is 278 g/mol. The van der Waals surface area contributed by atoms with Gasteiger partial charge in [-0.1, -0.05) is 11.6 Å². The Morgan fingerprint density at radius 2 is 2.31 bits per heavy atom. The van der Waals surface area contributed by atoms with Gasteiger partial charge in [-0.15, -0.1) is 11.3 Å². The van der Waals surface area contributed by atoms with Gasteiger partial charge in [0.05, 0.1) is 11.6 Å². The van der Waals surface area contributed by atoms with E-state index in [1.165, 1.54) is 0 Å². The highest BCUT2D eigenvalue weighted by atomic mass is 79.9. The molecule has 1 nitrogen and oxygen atoms in total. The number of aliphatic hydroxyl groups excluding tert-OH is 1. The van der Waals surface area contributed by atoms with Crippen LogP contribution in [0.15, 0.2) is 22.0 Å². The summed E-state index contributed by atoms with van der Waals surface area (Å²) in [5.41, 5.74) is 0.807. The fourth-order valence-electron chi connectivity index (χ4n) is 1.26. The van der Waals surface area contributed by atoms with Crippen molar-refractivity contribution in [1.82, 2.24) is 0 Å². The molecule has 1 N–H and O–H groups in total. The Kier molecular flexibility index (Phi) is 2.60. The fraction of sp³-hybridized carbons (Fsp3) is 0.111. The minimum Gasteiger partial charge on any atom is -0.392 e. The SMILES string of the molecule is OCc1c(Cl)c(Br)cc2ccsc12. The molecule has 0 saturated carbocycles. The Hall–Kier alpha value is -0.0900. The van der Waals surface area contributed by atoms with Crippen LogP contribution in [0.4, 0.5) is 0 Å². The first-order chi connectivity index (χ1) is 6.24. The lowest BCUT2D eigenvalue weighted by Crippen LogP contribution is -1.86. The first-order valence-corrected chi connectivity index (χ1v) is 5.74. The first-order valence-electron chi connectivity index (χ1n) is 3.69. The maximum Gasteiger partial charge on any atom is 0.0710 e. The second-order valence-electron chi connectivity index (χ2n) is 2.65. The van der Waals surface area contributed by atoms with Gasteiger partial charge in [0.15, 0.2) is 0 Å². The second kappa shape index (κ2) is 3.58. The van der Waals surface area contributed by atoms with Crippen molar-refractivity contribution < 1.29 is 5.11 Å². The van der Waals surface area contributed by atoms with E-state index in [1.54, 1.807) is 11.3 Å². The van der Waals surface area contributed by atoms with E-state index in [-0.39, 0.29) is 6.61 Å². The molecule has 0 amide bonds. The molecule has 68 valence electrons. The van der Waals surface area contributed by atoms with E-state index in [0.29, 0.717) is 5.02 Å². The molecule has 0 atom stereocenters. The van der Waals surface area contributed by atoms with Crippen molar-refractivity contribution in [2.24, 2.45) is 0 Å². The third-order valence-electron chi connectivity index (χ3n) is 1.88. The Labute approximate surface area is 93.1 Å². The molecule has 1 aromatic heterocycles. The number of hydrogen-bond donors (Lipinski definition) is 1. The van der Waals surface area contributed by atoms with Gasteiger partial charge >= 0.3 is 0 Å². The van der Waals surface area contributed by atoms with Crippen molar-refractivity contribution in [3.8, 4) is 0 Å². The summed E-state index contributed by atoms with van der Waals surface area (Å²) in [5, 5.41) is 12.9. The maximum absolute atomic E-state index is 9.16. The summed E-state index contributed by atoms with van der Waals surface area (Å²) in [4.78, 5) is 0. The quantitative estimate of drug-likeness (QED) is 0.840. The van der Waals surface area contributed by atoms with Crippen LogP contribution in [-0.4, -0.2) is 5.11 Å². The molecular weight excluding hydrogens is 272 g/mol. The molecule has 0 radical (unpaired) electrons. The summed E-state index contributed by atoms with van der Waals surface area (Å²) in [6, 6.07) is 3.98. The lowest BCUT2D eigenvalue weighted by atomic mass is 10.2. The molecule has 13 heavy (non-hydrogen) atoms. The number of rotatable bonds is 1. The Morgan fingerprint density at radius 1 is 1.54 bits per heavy atom. The van der Waals surface area contributed by atoms with Gasteiger partial charge in [0.1, 0.15) is 0 Å². The number of halogens is 2. The second-order valence-corrected chi connectivity index (χ2v) is 4.80. The summed E-state index contributed by atoms with van der Waals surface area (Å²) < 4.78 is 1.90. The van der Waals surface area contributed by atoms with E-state index >= 15 is 0 Å². The third kappa shape index (κ3) is 1.50. The van der Waals surface area contributed by atoms with Crippen LogP contribution in [0.25, 0.3) is 10.1 Å². The Bertz CT molecular complexity index is 452. The van der Waals surface area contributed by atoms with Crippen LogP contribution in [0.5, 0.6) is 0 Å². The third-order valence-corrected chi connectivity index (χ3v) is 4.16. The lowest BCUT2D eigenvalue weighted by molar-refractivity contribution is 0.283. The molecule has 1 heterocycles. The van der Waals surface area contributed by atoms with Crippen LogP contribution in [0.1, 0.15) is 5.56 Å². The minimum absolute atomic E-state index is 0.0186. The van der Waals surface area contributed by atoms with Crippen molar-refractivity contribution in [3.05, 3.63) is 32.6 Å². The number of benzene rings is 1. The molecule has 1 aromatic carbocycles. The van der Waals surface area contributed by atoms with E-state index in [4.69, 9.17) is 16.7 Å². The van der Waals surface area contributed by atoms with E-state index in [2.05, 4.69) is 15.9 Å². The van der Waals surface area contributed by atoms with E-state index < -0.39 is 0 Å². The summed E-state index contributed by atoms with van der Waals surface area (Å²) in [7, 11) is 0. The van der Waals surface area contributed by atoms with Crippen molar-refractivity contribution in [2.45, 2.75) is 6.61 Å². The van der Waals surface area contributed by atoms with Crippen molar-refractivity contribution >= 4 is 49.0 Å². The predicted octanol–water partition coefficient (Wildman–Crippen LogP) is 3.81. The molecule has 4 heteroatoms. The summed E-state index contributed by atoms with van der Waals surface area (Å²) >= 11 is 11.0. The van der Waals surface area contributed by atoms with Crippen molar-refractivity contribution in [2.75, 3.05) is 0 Å². The van der Waals surface area contributed by atoms with E-state index in [9.17, 15) is 0 Å². The number of fused-ring (bicyclic) bond motifs is 1. The highest BCUT2D eigenvalue weighted by Gasteiger charge is 2.09. The van der Waals surface area contributed by atoms with Gasteiger partial charge in [-0.2, -0.15) is 0 Å². The molecule has 0 unspecified atom stereocenters. The van der Waals surface area contributed by atoms with Gasteiger partial charge in [0, 0.05) is 14.7 Å². The minimum atomic E-state index is -0.0186. The van der Waals surface area contributed by atoms with Crippen LogP contribution < -0.4 is 0 Å². The van der Waals surface area contributed by atoms with Crippen molar-refractivity contribution in [3.63, 3.8) is 0 Å². The molecule has 0 aliphatic carbocycles. The predicted molar refractivity (Wildman–Crippen MR) is 60.5 cm³/mol. The molecule has 2 aromatic rings. The normalized spacial score (nSPS) is 11.0. The topological polar surface area (TPSA) is 20.2 Å². The molecule has 0 aliphatic rings.